The number of hydrogen-bond acceptors (Lipinski definition) is 18. The summed E-state index contributed by atoms with van der Waals surface area (Å²) >= 11 is 1.85. The topological polar surface area (TPSA) is 481 Å². The number of halogens is 1. The molecule has 476 valence electrons. The van der Waals surface area contributed by atoms with Gasteiger partial charge in [-0.25, -0.2) is 0 Å². The van der Waals surface area contributed by atoms with Crippen molar-refractivity contribution in [2.75, 3.05) is 18.1 Å². The van der Waals surface area contributed by atoms with E-state index in [0.717, 1.165) is 35.4 Å². The highest BCUT2D eigenvalue weighted by Gasteiger charge is 2.38. The highest BCUT2D eigenvalue weighted by atomic mass is 127. The Labute approximate surface area is 514 Å². The van der Waals surface area contributed by atoms with Crippen LogP contribution in [0.25, 0.3) is 0 Å². The lowest BCUT2D eigenvalue weighted by Gasteiger charge is -2.30. The second-order valence-electron chi connectivity index (χ2n) is 21.7. The number of unbranched alkanes of at least 4 members (excludes halogenated alkanes) is 1. The zero-order chi connectivity index (χ0) is 64.4. The Morgan fingerprint density at radius 2 is 1.09 bits per heavy atom. The van der Waals surface area contributed by atoms with Crippen LogP contribution in [0.1, 0.15) is 112 Å². The van der Waals surface area contributed by atoms with Crippen LogP contribution in [0.3, 0.4) is 0 Å². The number of benzene rings is 1. The number of primary amides is 2. The van der Waals surface area contributed by atoms with E-state index >= 15 is 0 Å². The Balaban J connectivity index is 2.87. The van der Waals surface area contributed by atoms with Crippen LogP contribution in [0.2, 0.25) is 0 Å². The third-order valence-electron chi connectivity index (χ3n) is 12.9. The molecule has 29 nitrogen and oxygen atoms in total. The van der Waals surface area contributed by atoms with E-state index in [-0.39, 0.29) is 67.7 Å². The third-order valence-corrected chi connectivity index (χ3v) is 16.2. The Bertz CT molecular complexity index is 2550. The number of amides is 12. The number of aliphatic hydroxyl groups excluding tert-OH is 1. The second kappa shape index (κ2) is 37.1. The third kappa shape index (κ3) is 27.2. The van der Waals surface area contributed by atoms with Crippen molar-refractivity contribution in [2.24, 2.45) is 35.0 Å². The molecule has 1 aliphatic heterocycles. The standard InChI is InChI=1S/C53H84IN13O16S2/c1-24(2)17-33-47(77)63-36(21-40(56)71)48(78)62-34(18-25(3)4)49(79)66-42(26(5)6)52(82)64-35(20-29-12-14-39(70)30(54)19-29)50(80)67-43(27(7)68)53(83)65-37(44(57)74)22-84-85-23-38(58-28(8)69)51(81)59-31(11-9-10-16-55)45(75)60-32(46(76)61-33)13-15-41(72)73/h12,14,19,24-27,31-38,42-43,68,70H,9-11,13,15-18,20-23,55H2,1-8H3,(H2,56,71)(H2,57,74)(H,58,69)(H,59,81)(H,60,75)(H,61,76)(H,62,78)(H,63,77)(H,64,82)(H,65,83)(H,66,79)(H,67,80)(H,72,73)/t27-,31+,32+,33+,34+,35+,36+,37+,38+,42+,43+/m1/s1. The maximum absolute atomic E-state index is 14.4. The molecule has 1 saturated heterocycles. The molecular weight excluding hydrogens is 1270 g/mol. The van der Waals surface area contributed by atoms with Crippen LogP contribution in [0.5, 0.6) is 5.75 Å². The minimum atomic E-state index is -1.80. The largest absolute Gasteiger partial charge is 0.507 e. The molecule has 12 amide bonds. The van der Waals surface area contributed by atoms with E-state index in [1.54, 1.807) is 41.5 Å². The van der Waals surface area contributed by atoms with Gasteiger partial charge in [0.15, 0.2) is 0 Å². The summed E-state index contributed by atoms with van der Waals surface area (Å²) < 4.78 is 0.370. The zero-order valence-electron chi connectivity index (χ0n) is 48.9. The minimum absolute atomic E-state index is 0.0720. The van der Waals surface area contributed by atoms with Gasteiger partial charge in [-0.15, -0.1) is 0 Å². The van der Waals surface area contributed by atoms with Crippen molar-refractivity contribution in [3.63, 3.8) is 0 Å². The summed E-state index contributed by atoms with van der Waals surface area (Å²) in [6.07, 6.45) is -3.60. The Kier molecular flexibility index (Phi) is 32.6. The molecule has 85 heavy (non-hydrogen) atoms. The Morgan fingerprint density at radius 1 is 0.624 bits per heavy atom. The number of carboxylic acids is 1. The van der Waals surface area contributed by atoms with Gasteiger partial charge in [0.25, 0.3) is 0 Å². The SMILES string of the molecule is CC(=O)N[C@H]1CSSC[C@@H](C(N)=O)NC(=O)[C@H]([C@@H](C)O)NC(=O)[C@H](Cc2ccc(O)c(I)c2)NC(=O)[C@H](C(C)C)NC(=O)[C@H](CC(C)C)NC(=O)[C@H](CC(N)=O)NC(=O)[C@H](CC(C)C)NC(=O)[C@H](CCC(=O)O)NC(=O)[C@H](CCCCN)NC1=O. The molecule has 19 N–H and O–H groups in total. The number of aliphatic hydroxyl groups is 1. The number of aromatic hydroxyl groups is 1. The molecule has 1 aliphatic rings. The van der Waals surface area contributed by atoms with Gasteiger partial charge >= 0.3 is 5.97 Å². The van der Waals surface area contributed by atoms with E-state index in [0.29, 0.717) is 15.6 Å². The number of nitrogens with two attached hydrogens (primary N) is 3. The molecule has 11 atom stereocenters. The average Bonchev–Trinajstić information content (AvgIpc) is 3.43. The Morgan fingerprint density at radius 3 is 1.60 bits per heavy atom. The van der Waals surface area contributed by atoms with E-state index in [4.69, 9.17) is 17.2 Å². The van der Waals surface area contributed by atoms with Crippen molar-refractivity contribution in [1.29, 1.82) is 0 Å². The van der Waals surface area contributed by atoms with Crippen LogP contribution in [-0.4, -0.2) is 177 Å². The van der Waals surface area contributed by atoms with E-state index in [1.807, 2.05) is 22.6 Å². The van der Waals surface area contributed by atoms with Gasteiger partial charge in [0, 0.05) is 31.3 Å². The summed E-state index contributed by atoms with van der Waals surface area (Å²) in [5, 5.41) is 55.9. The molecule has 1 aromatic rings. The first kappa shape index (κ1) is 74.6. The fourth-order valence-electron chi connectivity index (χ4n) is 8.42. The molecule has 2 rings (SSSR count). The van der Waals surface area contributed by atoms with E-state index in [1.165, 1.54) is 18.2 Å². The Hall–Kier alpha value is -6.52. The van der Waals surface area contributed by atoms with Crippen molar-refractivity contribution in [3.05, 3.63) is 27.3 Å². The number of nitrogens with one attached hydrogen (secondary N) is 10. The molecular formula is C53H84IN13O16S2. The highest BCUT2D eigenvalue weighted by Crippen LogP contribution is 2.24. The number of carbonyl (C=O) groups is 13. The summed E-state index contributed by atoms with van der Waals surface area (Å²) in [6.45, 7) is 12.4. The summed E-state index contributed by atoms with van der Waals surface area (Å²) in [5.74, 6) is -15.2. The summed E-state index contributed by atoms with van der Waals surface area (Å²) in [6, 6.07) is -11.2. The predicted octanol–water partition coefficient (Wildman–Crippen LogP) is -2.71. The zero-order valence-corrected chi connectivity index (χ0v) is 52.7. The van der Waals surface area contributed by atoms with Crippen molar-refractivity contribution in [1.82, 2.24) is 53.2 Å². The molecule has 0 bridgehead atoms. The van der Waals surface area contributed by atoms with Crippen molar-refractivity contribution < 1.29 is 77.6 Å². The van der Waals surface area contributed by atoms with Gasteiger partial charge in [0.1, 0.15) is 66.2 Å². The van der Waals surface area contributed by atoms with E-state index < -0.39 is 169 Å². The molecule has 1 fully saturated rings. The predicted molar refractivity (Wildman–Crippen MR) is 323 cm³/mol. The van der Waals surface area contributed by atoms with E-state index in [9.17, 15) is 77.6 Å². The van der Waals surface area contributed by atoms with Crippen LogP contribution in [-0.2, 0) is 68.7 Å². The quantitative estimate of drug-likeness (QED) is 0.0380. The van der Waals surface area contributed by atoms with Crippen LogP contribution in [0, 0.1) is 21.3 Å². The van der Waals surface area contributed by atoms with Gasteiger partial charge < -0.3 is 85.7 Å². The molecule has 32 heteroatoms. The fraction of sp³-hybridized carbons (Fsp3) is 0.642. The number of phenols is 1. The smallest absolute Gasteiger partial charge is 0.303 e. The number of hydrogen-bond donors (Lipinski definition) is 16. The maximum Gasteiger partial charge on any atom is 0.303 e. The molecule has 0 aromatic heterocycles. The van der Waals surface area contributed by atoms with Gasteiger partial charge in [-0.1, -0.05) is 69.2 Å². The molecule has 1 aromatic carbocycles. The van der Waals surface area contributed by atoms with Crippen LogP contribution in [0.4, 0.5) is 0 Å². The lowest BCUT2D eigenvalue weighted by atomic mass is 9.98. The van der Waals surface area contributed by atoms with Gasteiger partial charge in [0.05, 0.1) is 16.1 Å². The average molecular weight is 1350 g/mol. The molecule has 0 unspecified atom stereocenters. The number of aliphatic carboxylic acids is 1. The minimum Gasteiger partial charge on any atom is -0.507 e. The fourth-order valence-corrected chi connectivity index (χ4v) is 11.3. The number of carboxylic acid groups (broad SMARTS) is 1. The van der Waals surface area contributed by atoms with Crippen LogP contribution in [0.15, 0.2) is 18.2 Å². The first-order valence-electron chi connectivity index (χ1n) is 27.6. The van der Waals surface area contributed by atoms with E-state index in [2.05, 4.69) is 53.2 Å². The number of rotatable bonds is 19. The second-order valence-corrected chi connectivity index (χ2v) is 25.5. The van der Waals surface area contributed by atoms with Crippen molar-refractivity contribution in [3.8, 4) is 5.75 Å². The van der Waals surface area contributed by atoms with Gasteiger partial charge in [-0.3, -0.25) is 62.3 Å². The first-order chi connectivity index (χ1) is 39.7. The van der Waals surface area contributed by atoms with Crippen molar-refractivity contribution in [2.45, 2.75) is 180 Å². The van der Waals surface area contributed by atoms with Crippen LogP contribution >= 0.6 is 44.2 Å². The molecule has 1 heterocycles. The first-order valence-corrected chi connectivity index (χ1v) is 31.2. The highest BCUT2D eigenvalue weighted by molar-refractivity contribution is 14.1. The maximum atomic E-state index is 14.4. The van der Waals surface area contributed by atoms with Gasteiger partial charge in [0.2, 0.25) is 70.9 Å². The molecule has 0 aliphatic carbocycles. The number of phenolic OH excluding ortho intramolecular Hbond substituents is 1. The normalized spacial score (nSPS) is 25.0. The van der Waals surface area contributed by atoms with Gasteiger partial charge in [-0.05, 0) is 110 Å². The lowest BCUT2D eigenvalue weighted by Crippen LogP contribution is -2.62. The van der Waals surface area contributed by atoms with Crippen molar-refractivity contribution >= 4 is 121 Å². The molecule has 0 spiro atoms. The van der Waals surface area contributed by atoms with Gasteiger partial charge in [-0.2, -0.15) is 0 Å². The summed E-state index contributed by atoms with van der Waals surface area (Å²) in [5.41, 5.74) is 17.4. The summed E-state index contributed by atoms with van der Waals surface area (Å²) in [7, 11) is 1.85. The summed E-state index contributed by atoms with van der Waals surface area (Å²) in [4.78, 5) is 177. The lowest BCUT2D eigenvalue weighted by molar-refractivity contribution is -0.139. The number of carbonyl (C=O) groups excluding carboxylic acids is 12. The molecule has 0 radical (unpaired) electrons. The molecule has 0 saturated carbocycles. The monoisotopic (exact) mass is 1350 g/mol. The van der Waals surface area contributed by atoms with Crippen LogP contribution < -0.4 is 70.4 Å².